The number of carboxylic acid groups (broad SMARTS) is 1. The van der Waals surface area contributed by atoms with Crippen LogP contribution in [0, 0.1) is 0 Å². The number of carbonyl (C=O) groups excluding carboxylic acids is 2. The van der Waals surface area contributed by atoms with Crippen LogP contribution in [0.5, 0.6) is 0 Å². The summed E-state index contributed by atoms with van der Waals surface area (Å²) >= 11 is 0. The van der Waals surface area contributed by atoms with Gasteiger partial charge in [-0.25, -0.2) is 18.0 Å². The molecule has 1 saturated heterocycles. The molecule has 0 aromatic carbocycles. The lowest BCUT2D eigenvalue weighted by Gasteiger charge is -2.24. The highest BCUT2D eigenvalue weighted by Crippen LogP contribution is 2.11. The second-order valence-corrected chi connectivity index (χ2v) is 6.86. The van der Waals surface area contributed by atoms with Gasteiger partial charge in [-0.2, -0.15) is 0 Å². The standard InChI is InChI=1S/C10H17N3O6S/c11-8(14)4-7(9(15)16)13-10(17)12-6-2-1-3-20(18,19)5-6/h6-7H,1-5H2,(H2,11,14)(H,15,16)(H2,12,13,17)/t6?,7-/m0/s1. The van der Waals surface area contributed by atoms with E-state index in [0.717, 1.165) is 0 Å². The first-order valence-corrected chi connectivity index (χ1v) is 7.80. The van der Waals surface area contributed by atoms with Crippen LogP contribution in [0.1, 0.15) is 19.3 Å². The molecule has 0 aliphatic carbocycles. The Kier molecular flexibility index (Phi) is 5.31. The lowest BCUT2D eigenvalue weighted by Crippen LogP contribution is -2.52. The van der Waals surface area contributed by atoms with Gasteiger partial charge in [-0.05, 0) is 12.8 Å². The van der Waals surface area contributed by atoms with Crippen molar-refractivity contribution in [3.05, 3.63) is 0 Å². The SMILES string of the molecule is NC(=O)C[C@H](NC(=O)NC1CCCS(=O)(=O)C1)C(=O)O. The van der Waals surface area contributed by atoms with E-state index < -0.39 is 46.2 Å². The van der Waals surface area contributed by atoms with Gasteiger partial charge in [0.2, 0.25) is 5.91 Å². The van der Waals surface area contributed by atoms with Crippen molar-refractivity contribution in [1.29, 1.82) is 0 Å². The van der Waals surface area contributed by atoms with E-state index in [0.29, 0.717) is 12.8 Å². The monoisotopic (exact) mass is 307 g/mol. The molecule has 1 aliphatic heterocycles. The zero-order valence-electron chi connectivity index (χ0n) is 10.7. The smallest absolute Gasteiger partial charge is 0.326 e. The van der Waals surface area contributed by atoms with E-state index in [1.165, 1.54) is 0 Å². The maximum Gasteiger partial charge on any atom is 0.326 e. The van der Waals surface area contributed by atoms with Crippen LogP contribution in [0.15, 0.2) is 0 Å². The Morgan fingerprint density at radius 2 is 2.00 bits per heavy atom. The van der Waals surface area contributed by atoms with Crippen molar-refractivity contribution in [3.63, 3.8) is 0 Å². The number of amides is 3. The maximum absolute atomic E-state index is 11.6. The van der Waals surface area contributed by atoms with E-state index in [4.69, 9.17) is 10.8 Å². The molecular formula is C10H17N3O6S. The highest BCUT2D eigenvalue weighted by molar-refractivity contribution is 7.91. The zero-order valence-corrected chi connectivity index (χ0v) is 11.5. The van der Waals surface area contributed by atoms with E-state index in [-0.39, 0.29) is 11.5 Å². The van der Waals surface area contributed by atoms with Crippen LogP contribution in [0.3, 0.4) is 0 Å². The van der Waals surface area contributed by atoms with E-state index in [9.17, 15) is 22.8 Å². The summed E-state index contributed by atoms with van der Waals surface area (Å²) in [5.41, 5.74) is 4.87. The molecule has 0 saturated carbocycles. The highest BCUT2D eigenvalue weighted by atomic mass is 32.2. The molecule has 1 aliphatic rings. The van der Waals surface area contributed by atoms with Crippen LogP contribution in [0.2, 0.25) is 0 Å². The minimum absolute atomic E-state index is 0.0895. The Morgan fingerprint density at radius 1 is 1.35 bits per heavy atom. The Labute approximate surface area is 115 Å². The predicted octanol–water partition coefficient (Wildman–Crippen LogP) is -1.81. The van der Waals surface area contributed by atoms with Crippen LogP contribution in [0.4, 0.5) is 4.79 Å². The van der Waals surface area contributed by atoms with Crippen molar-refractivity contribution < 1.29 is 27.9 Å². The molecule has 2 atom stereocenters. The van der Waals surface area contributed by atoms with Gasteiger partial charge in [0.05, 0.1) is 17.9 Å². The van der Waals surface area contributed by atoms with Gasteiger partial charge in [-0.3, -0.25) is 4.79 Å². The molecule has 1 unspecified atom stereocenters. The first-order valence-electron chi connectivity index (χ1n) is 5.98. The maximum atomic E-state index is 11.6. The molecule has 0 aromatic rings. The summed E-state index contributed by atoms with van der Waals surface area (Å²) in [5, 5.41) is 13.3. The van der Waals surface area contributed by atoms with Crippen molar-refractivity contribution in [2.24, 2.45) is 5.73 Å². The highest BCUT2D eigenvalue weighted by Gasteiger charge is 2.28. The van der Waals surface area contributed by atoms with E-state index in [2.05, 4.69) is 10.6 Å². The molecule has 5 N–H and O–H groups in total. The molecule has 20 heavy (non-hydrogen) atoms. The molecule has 0 bridgehead atoms. The third-order valence-electron chi connectivity index (χ3n) is 2.81. The number of urea groups is 1. The summed E-state index contributed by atoms with van der Waals surface area (Å²) < 4.78 is 22.8. The molecule has 0 aromatic heterocycles. The Morgan fingerprint density at radius 3 is 2.50 bits per heavy atom. The second-order valence-electron chi connectivity index (χ2n) is 4.63. The van der Waals surface area contributed by atoms with Crippen molar-refractivity contribution in [2.75, 3.05) is 11.5 Å². The van der Waals surface area contributed by atoms with Gasteiger partial charge >= 0.3 is 12.0 Å². The van der Waals surface area contributed by atoms with Gasteiger partial charge in [0.15, 0.2) is 9.84 Å². The fourth-order valence-corrected chi connectivity index (χ4v) is 3.56. The Balaban J connectivity index is 2.53. The average molecular weight is 307 g/mol. The summed E-state index contributed by atoms with van der Waals surface area (Å²) in [6, 6.07) is -2.83. The lowest BCUT2D eigenvalue weighted by molar-refractivity contribution is -0.140. The van der Waals surface area contributed by atoms with Crippen LogP contribution < -0.4 is 16.4 Å². The fourth-order valence-electron chi connectivity index (χ4n) is 1.92. The number of hydrogen-bond acceptors (Lipinski definition) is 5. The molecule has 114 valence electrons. The molecule has 9 nitrogen and oxygen atoms in total. The van der Waals surface area contributed by atoms with Crippen LogP contribution in [0.25, 0.3) is 0 Å². The summed E-state index contributed by atoms with van der Waals surface area (Å²) in [7, 11) is -3.17. The number of aliphatic carboxylic acids is 1. The molecule has 1 heterocycles. The number of primary amides is 1. The minimum atomic E-state index is -3.17. The molecule has 1 fully saturated rings. The topological polar surface area (TPSA) is 156 Å². The molecule has 0 radical (unpaired) electrons. The van der Waals surface area contributed by atoms with Crippen LogP contribution in [-0.2, 0) is 19.4 Å². The number of sulfone groups is 1. The fraction of sp³-hybridized carbons (Fsp3) is 0.700. The van der Waals surface area contributed by atoms with Gasteiger partial charge < -0.3 is 21.5 Å². The van der Waals surface area contributed by atoms with Crippen LogP contribution >= 0.6 is 0 Å². The largest absolute Gasteiger partial charge is 0.480 e. The van der Waals surface area contributed by atoms with E-state index in [1.807, 2.05) is 0 Å². The third-order valence-corrected chi connectivity index (χ3v) is 4.63. The second kappa shape index (κ2) is 6.55. The third kappa shape index (κ3) is 5.43. The Bertz CT molecular complexity index is 503. The predicted molar refractivity (Wildman–Crippen MR) is 68.6 cm³/mol. The van der Waals surface area contributed by atoms with Gasteiger partial charge in [0.1, 0.15) is 6.04 Å². The van der Waals surface area contributed by atoms with Crippen molar-refractivity contribution in [1.82, 2.24) is 10.6 Å². The van der Waals surface area contributed by atoms with Crippen molar-refractivity contribution in [2.45, 2.75) is 31.3 Å². The number of rotatable bonds is 5. The molecule has 3 amide bonds. The van der Waals surface area contributed by atoms with Crippen molar-refractivity contribution in [3.8, 4) is 0 Å². The summed E-state index contributed by atoms with van der Waals surface area (Å²) in [6.07, 6.45) is 0.406. The first kappa shape index (κ1) is 16.2. The molecule has 0 spiro atoms. The number of carbonyl (C=O) groups is 3. The van der Waals surface area contributed by atoms with Gasteiger partial charge in [0.25, 0.3) is 0 Å². The quantitative estimate of drug-likeness (QED) is 0.469. The van der Waals surface area contributed by atoms with Gasteiger partial charge in [0, 0.05) is 6.04 Å². The van der Waals surface area contributed by atoms with Crippen LogP contribution in [-0.4, -0.2) is 55.0 Å². The lowest BCUT2D eigenvalue weighted by atomic mass is 10.2. The number of carboxylic acids is 1. The Hall–Kier alpha value is -1.84. The number of nitrogens with one attached hydrogen (secondary N) is 2. The number of hydrogen-bond donors (Lipinski definition) is 4. The zero-order chi connectivity index (χ0) is 15.3. The minimum Gasteiger partial charge on any atom is -0.480 e. The van der Waals surface area contributed by atoms with Gasteiger partial charge in [-0.1, -0.05) is 0 Å². The summed E-state index contributed by atoms with van der Waals surface area (Å²) in [5.74, 6) is -2.34. The van der Waals surface area contributed by atoms with E-state index >= 15 is 0 Å². The first-order chi connectivity index (χ1) is 9.19. The summed E-state index contributed by atoms with van der Waals surface area (Å²) in [4.78, 5) is 33.1. The van der Waals surface area contributed by atoms with Crippen molar-refractivity contribution >= 4 is 27.7 Å². The molecule has 10 heteroatoms. The molecular weight excluding hydrogens is 290 g/mol. The van der Waals surface area contributed by atoms with Gasteiger partial charge in [-0.15, -0.1) is 0 Å². The average Bonchev–Trinajstić information content (AvgIpc) is 2.25. The number of nitrogens with two attached hydrogens (primary N) is 1. The summed E-state index contributed by atoms with van der Waals surface area (Å²) in [6.45, 7) is 0. The van der Waals surface area contributed by atoms with E-state index in [1.54, 1.807) is 0 Å². The molecule has 1 rings (SSSR count). The normalized spacial score (nSPS) is 22.5.